The summed E-state index contributed by atoms with van der Waals surface area (Å²) >= 11 is 0. The highest BCUT2D eigenvalue weighted by Gasteiger charge is 2.24. The van der Waals surface area contributed by atoms with E-state index < -0.39 is 0 Å². The molecule has 0 amide bonds. The first-order valence-corrected chi connectivity index (χ1v) is 8.77. The Bertz CT molecular complexity index is 745. The van der Waals surface area contributed by atoms with Crippen molar-refractivity contribution in [2.24, 2.45) is 0 Å². The summed E-state index contributed by atoms with van der Waals surface area (Å²) in [7, 11) is 0. The minimum Gasteiger partial charge on any atom is -0.348 e. The van der Waals surface area contributed by atoms with Crippen molar-refractivity contribution in [2.45, 2.75) is 50.4 Å². The second kappa shape index (κ2) is 6.99. The number of rotatable bonds is 5. The Morgan fingerprint density at radius 1 is 1.12 bits per heavy atom. The first-order chi connectivity index (χ1) is 11.9. The summed E-state index contributed by atoms with van der Waals surface area (Å²) in [5, 5.41) is 4.25. The first kappa shape index (κ1) is 15.1. The van der Waals surface area contributed by atoms with Crippen LogP contribution in [0, 0.1) is 0 Å². The fourth-order valence-corrected chi connectivity index (χ4v) is 3.58. The van der Waals surface area contributed by atoms with Crippen molar-refractivity contribution in [3.8, 4) is 0 Å². The third kappa shape index (κ3) is 3.25. The summed E-state index contributed by atoms with van der Waals surface area (Å²) in [5.74, 6) is 3.08. The highest BCUT2D eigenvalue weighted by atomic mass is 16.5. The van der Waals surface area contributed by atoms with E-state index in [2.05, 4.69) is 32.2 Å². The van der Waals surface area contributed by atoms with Gasteiger partial charge in [-0.2, -0.15) is 4.98 Å². The Balaban J connectivity index is 1.56. The van der Waals surface area contributed by atoms with Crippen LogP contribution in [0.3, 0.4) is 0 Å². The second-order valence-electron chi connectivity index (χ2n) is 6.52. The van der Waals surface area contributed by atoms with Crippen LogP contribution in [0.15, 0.2) is 47.2 Å². The largest absolute Gasteiger partial charge is 0.348 e. The molecule has 0 radical (unpaired) electrons. The molecule has 1 atom stereocenters. The lowest BCUT2D eigenvalue weighted by atomic mass is 9.89. The molecule has 1 aliphatic rings. The zero-order chi connectivity index (χ0) is 16.2. The lowest BCUT2D eigenvalue weighted by Gasteiger charge is -2.17. The molecule has 0 spiro atoms. The van der Waals surface area contributed by atoms with Crippen molar-refractivity contribution in [1.82, 2.24) is 20.1 Å². The summed E-state index contributed by atoms with van der Waals surface area (Å²) in [6.07, 6.45) is 10.5. The molecule has 4 rings (SSSR count). The van der Waals surface area contributed by atoms with Gasteiger partial charge in [0.1, 0.15) is 5.82 Å². The van der Waals surface area contributed by atoms with Gasteiger partial charge in [-0.05, 0) is 18.4 Å². The Morgan fingerprint density at radius 3 is 2.71 bits per heavy atom. The number of aromatic nitrogens is 4. The van der Waals surface area contributed by atoms with E-state index in [1.165, 1.54) is 37.7 Å². The predicted octanol–water partition coefficient (Wildman–Crippen LogP) is 4.22. The number of hydrogen-bond donors (Lipinski definition) is 1. The Kier molecular flexibility index (Phi) is 4.40. The Hall–Kier alpha value is -2.43. The third-order valence-electron chi connectivity index (χ3n) is 4.88. The van der Waals surface area contributed by atoms with E-state index in [1.807, 2.05) is 24.4 Å². The van der Waals surface area contributed by atoms with Gasteiger partial charge >= 0.3 is 0 Å². The SMILES string of the molecule is c1ccc(C(Cc2nc(C3CCCCC3)no2)c2ncc[nH]2)cc1. The maximum absolute atomic E-state index is 5.57. The van der Waals surface area contributed by atoms with Gasteiger partial charge < -0.3 is 9.51 Å². The Morgan fingerprint density at radius 2 is 1.96 bits per heavy atom. The molecule has 1 unspecified atom stereocenters. The first-order valence-electron chi connectivity index (χ1n) is 8.77. The van der Waals surface area contributed by atoms with Gasteiger partial charge in [0.05, 0.1) is 5.92 Å². The average molecular weight is 322 g/mol. The van der Waals surface area contributed by atoms with E-state index in [-0.39, 0.29) is 5.92 Å². The highest BCUT2D eigenvalue weighted by molar-refractivity contribution is 5.26. The van der Waals surface area contributed by atoms with Crippen molar-refractivity contribution in [2.75, 3.05) is 0 Å². The van der Waals surface area contributed by atoms with Crippen LogP contribution in [0.25, 0.3) is 0 Å². The van der Waals surface area contributed by atoms with Gasteiger partial charge in [0.25, 0.3) is 0 Å². The van der Waals surface area contributed by atoms with Crippen molar-refractivity contribution in [1.29, 1.82) is 0 Å². The van der Waals surface area contributed by atoms with E-state index in [0.29, 0.717) is 18.2 Å². The average Bonchev–Trinajstić information content (AvgIpc) is 3.33. The molecule has 1 aromatic carbocycles. The van der Waals surface area contributed by atoms with Crippen molar-refractivity contribution in [3.63, 3.8) is 0 Å². The van der Waals surface area contributed by atoms with Crippen LogP contribution >= 0.6 is 0 Å². The molecule has 124 valence electrons. The quantitative estimate of drug-likeness (QED) is 0.764. The number of H-pyrrole nitrogens is 1. The smallest absolute Gasteiger partial charge is 0.227 e. The standard InChI is InChI=1S/C19H22N4O/c1-3-7-14(8-4-1)16(19-20-11-12-21-19)13-17-22-18(23-24-17)15-9-5-2-6-10-15/h1,3-4,7-8,11-12,15-16H,2,5-6,9-10,13H2,(H,20,21). The molecular formula is C19H22N4O. The minimum absolute atomic E-state index is 0.0980. The highest BCUT2D eigenvalue weighted by Crippen LogP contribution is 2.32. The lowest BCUT2D eigenvalue weighted by molar-refractivity contribution is 0.354. The molecule has 1 aliphatic carbocycles. The molecule has 3 aromatic rings. The predicted molar refractivity (Wildman–Crippen MR) is 90.7 cm³/mol. The molecule has 2 heterocycles. The van der Waals surface area contributed by atoms with E-state index in [4.69, 9.17) is 4.52 Å². The summed E-state index contributed by atoms with van der Waals surface area (Å²) in [6.45, 7) is 0. The number of nitrogens with zero attached hydrogens (tertiary/aromatic N) is 3. The summed E-state index contributed by atoms with van der Waals surface area (Å²) in [6, 6.07) is 10.4. The van der Waals surface area contributed by atoms with Crippen LogP contribution in [-0.4, -0.2) is 20.1 Å². The Labute approximate surface area is 141 Å². The van der Waals surface area contributed by atoms with Gasteiger partial charge in [0.2, 0.25) is 5.89 Å². The number of hydrogen-bond acceptors (Lipinski definition) is 4. The van der Waals surface area contributed by atoms with Crippen LogP contribution in [0.5, 0.6) is 0 Å². The molecule has 1 fully saturated rings. The lowest BCUT2D eigenvalue weighted by Crippen LogP contribution is -2.08. The molecule has 0 bridgehead atoms. The van der Waals surface area contributed by atoms with E-state index in [1.54, 1.807) is 6.20 Å². The summed E-state index contributed by atoms with van der Waals surface area (Å²) in [5.41, 5.74) is 1.20. The van der Waals surface area contributed by atoms with Gasteiger partial charge in [-0.3, -0.25) is 0 Å². The number of imidazole rings is 1. The van der Waals surface area contributed by atoms with Gasteiger partial charge in [-0.25, -0.2) is 4.98 Å². The van der Waals surface area contributed by atoms with Crippen LogP contribution in [0.1, 0.15) is 67.0 Å². The maximum atomic E-state index is 5.57. The molecule has 5 heteroatoms. The summed E-state index contributed by atoms with van der Waals surface area (Å²) in [4.78, 5) is 12.4. The molecule has 0 saturated heterocycles. The topological polar surface area (TPSA) is 67.6 Å². The number of nitrogens with one attached hydrogen (secondary N) is 1. The number of aromatic amines is 1. The minimum atomic E-state index is 0.0980. The monoisotopic (exact) mass is 322 g/mol. The van der Waals surface area contributed by atoms with Crippen LogP contribution in [0.2, 0.25) is 0 Å². The van der Waals surface area contributed by atoms with E-state index in [9.17, 15) is 0 Å². The van der Waals surface area contributed by atoms with E-state index in [0.717, 1.165) is 11.6 Å². The van der Waals surface area contributed by atoms with Gasteiger partial charge in [0.15, 0.2) is 5.82 Å². The zero-order valence-electron chi connectivity index (χ0n) is 13.7. The molecule has 0 aliphatic heterocycles. The molecule has 1 N–H and O–H groups in total. The van der Waals surface area contributed by atoms with Crippen LogP contribution in [0.4, 0.5) is 0 Å². The third-order valence-corrected chi connectivity index (χ3v) is 4.88. The van der Waals surface area contributed by atoms with Gasteiger partial charge in [-0.15, -0.1) is 0 Å². The number of benzene rings is 1. The molecule has 24 heavy (non-hydrogen) atoms. The maximum Gasteiger partial charge on any atom is 0.227 e. The van der Waals surface area contributed by atoms with Crippen molar-refractivity contribution in [3.05, 3.63) is 65.8 Å². The van der Waals surface area contributed by atoms with Crippen molar-refractivity contribution < 1.29 is 4.52 Å². The fraction of sp³-hybridized carbons (Fsp3) is 0.421. The van der Waals surface area contributed by atoms with Crippen LogP contribution in [-0.2, 0) is 6.42 Å². The molecule has 5 nitrogen and oxygen atoms in total. The summed E-state index contributed by atoms with van der Waals surface area (Å²) < 4.78 is 5.57. The molecule has 2 aromatic heterocycles. The second-order valence-corrected chi connectivity index (χ2v) is 6.52. The zero-order valence-corrected chi connectivity index (χ0v) is 13.7. The normalized spacial score (nSPS) is 17.0. The van der Waals surface area contributed by atoms with Gasteiger partial charge in [0, 0.05) is 24.7 Å². The molecular weight excluding hydrogens is 300 g/mol. The van der Waals surface area contributed by atoms with Crippen LogP contribution < -0.4 is 0 Å². The molecule has 1 saturated carbocycles. The van der Waals surface area contributed by atoms with Gasteiger partial charge in [-0.1, -0.05) is 54.8 Å². The van der Waals surface area contributed by atoms with E-state index >= 15 is 0 Å². The fourth-order valence-electron chi connectivity index (χ4n) is 3.58. The van der Waals surface area contributed by atoms with Crippen molar-refractivity contribution >= 4 is 0 Å².